The van der Waals surface area contributed by atoms with Crippen molar-refractivity contribution in [3.63, 3.8) is 0 Å². The van der Waals surface area contributed by atoms with E-state index in [9.17, 15) is 14.7 Å². The van der Waals surface area contributed by atoms with Gasteiger partial charge in [0, 0.05) is 13.1 Å². The molecule has 1 amide bonds. The van der Waals surface area contributed by atoms with E-state index in [0.29, 0.717) is 38.5 Å². The van der Waals surface area contributed by atoms with Crippen molar-refractivity contribution in [2.24, 2.45) is 17.8 Å². The molecule has 1 unspecified atom stereocenters. The van der Waals surface area contributed by atoms with Gasteiger partial charge in [0.15, 0.2) is 0 Å². The Bertz CT molecular complexity index is 393. The zero-order chi connectivity index (χ0) is 14.9. The van der Waals surface area contributed by atoms with Crippen LogP contribution in [0.3, 0.4) is 0 Å². The van der Waals surface area contributed by atoms with Crippen molar-refractivity contribution in [1.82, 2.24) is 4.90 Å². The summed E-state index contributed by atoms with van der Waals surface area (Å²) >= 11 is 0. The Morgan fingerprint density at radius 3 is 2.50 bits per heavy atom. The summed E-state index contributed by atoms with van der Waals surface area (Å²) in [4.78, 5) is 25.9. The van der Waals surface area contributed by atoms with Gasteiger partial charge < -0.3 is 14.7 Å². The van der Waals surface area contributed by atoms with Gasteiger partial charge in [0.2, 0.25) is 5.91 Å². The number of hydrogen-bond donors (Lipinski definition) is 1. The molecule has 20 heavy (non-hydrogen) atoms. The number of morpholine rings is 1. The third kappa shape index (κ3) is 3.14. The molecule has 3 atom stereocenters. The van der Waals surface area contributed by atoms with Crippen LogP contribution in [0.4, 0.5) is 0 Å². The SMILES string of the molecule is CCC1C[C@H](C(=O)N2CCOC(C)(C)C2)[C@H](C(=O)O)C1. The lowest BCUT2D eigenvalue weighted by Crippen LogP contribution is -2.52. The largest absolute Gasteiger partial charge is 0.481 e. The summed E-state index contributed by atoms with van der Waals surface area (Å²) in [6, 6.07) is 0. The average molecular weight is 283 g/mol. The third-order valence-electron chi connectivity index (χ3n) is 4.61. The van der Waals surface area contributed by atoms with E-state index in [4.69, 9.17) is 4.74 Å². The number of aliphatic carboxylic acids is 1. The molecule has 114 valence electrons. The third-order valence-corrected chi connectivity index (χ3v) is 4.61. The van der Waals surface area contributed by atoms with E-state index < -0.39 is 11.9 Å². The maximum absolute atomic E-state index is 12.7. The number of carboxylic acids is 1. The first-order chi connectivity index (χ1) is 9.34. The van der Waals surface area contributed by atoms with Crippen LogP contribution in [0.1, 0.15) is 40.0 Å². The molecule has 1 aliphatic heterocycles. The molecule has 0 bridgehead atoms. The van der Waals surface area contributed by atoms with Crippen molar-refractivity contribution in [3.05, 3.63) is 0 Å². The van der Waals surface area contributed by atoms with E-state index in [2.05, 4.69) is 6.92 Å². The van der Waals surface area contributed by atoms with E-state index in [1.165, 1.54) is 0 Å². The Labute approximate surface area is 120 Å². The second-order valence-electron chi connectivity index (χ2n) is 6.66. The highest BCUT2D eigenvalue weighted by Crippen LogP contribution is 2.39. The Morgan fingerprint density at radius 1 is 1.30 bits per heavy atom. The van der Waals surface area contributed by atoms with Gasteiger partial charge in [0.25, 0.3) is 0 Å². The minimum absolute atomic E-state index is 0.00438. The molecule has 1 saturated heterocycles. The Kier molecular flexibility index (Phi) is 4.37. The Hall–Kier alpha value is -1.10. The zero-order valence-corrected chi connectivity index (χ0v) is 12.6. The summed E-state index contributed by atoms with van der Waals surface area (Å²) in [6.07, 6.45) is 2.29. The van der Waals surface area contributed by atoms with E-state index >= 15 is 0 Å². The topological polar surface area (TPSA) is 66.8 Å². The van der Waals surface area contributed by atoms with Crippen molar-refractivity contribution in [2.75, 3.05) is 19.7 Å². The molecule has 2 fully saturated rings. The van der Waals surface area contributed by atoms with Crippen LogP contribution in [0.2, 0.25) is 0 Å². The maximum atomic E-state index is 12.7. The fraction of sp³-hybridized carbons (Fsp3) is 0.867. The number of hydrogen-bond acceptors (Lipinski definition) is 3. The number of carbonyl (C=O) groups excluding carboxylic acids is 1. The highest BCUT2D eigenvalue weighted by molar-refractivity contribution is 5.85. The number of rotatable bonds is 3. The summed E-state index contributed by atoms with van der Waals surface area (Å²) < 4.78 is 5.61. The van der Waals surface area contributed by atoms with Crippen LogP contribution in [-0.4, -0.2) is 47.2 Å². The van der Waals surface area contributed by atoms with Crippen LogP contribution in [0.5, 0.6) is 0 Å². The Balaban J connectivity index is 2.08. The summed E-state index contributed by atoms with van der Waals surface area (Å²) in [5, 5.41) is 9.35. The van der Waals surface area contributed by atoms with E-state index in [1.54, 1.807) is 4.90 Å². The van der Waals surface area contributed by atoms with Gasteiger partial charge in [0.05, 0.1) is 24.0 Å². The van der Waals surface area contributed by atoms with Gasteiger partial charge in [-0.05, 0) is 32.6 Å². The van der Waals surface area contributed by atoms with Crippen molar-refractivity contribution in [2.45, 2.75) is 45.6 Å². The molecule has 0 spiro atoms. The molecule has 5 heteroatoms. The molecule has 0 radical (unpaired) electrons. The van der Waals surface area contributed by atoms with Gasteiger partial charge in [-0.1, -0.05) is 13.3 Å². The maximum Gasteiger partial charge on any atom is 0.307 e. The molecule has 0 aromatic carbocycles. The van der Waals surface area contributed by atoms with Gasteiger partial charge in [-0.3, -0.25) is 9.59 Å². The smallest absolute Gasteiger partial charge is 0.307 e. The van der Waals surface area contributed by atoms with E-state index in [-0.39, 0.29) is 17.4 Å². The first kappa shape index (κ1) is 15.3. The van der Waals surface area contributed by atoms with E-state index in [1.807, 2.05) is 13.8 Å². The molecular formula is C15H25NO4. The fourth-order valence-electron chi connectivity index (χ4n) is 3.46. The molecule has 1 heterocycles. The van der Waals surface area contributed by atoms with Gasteiger partial charge >= 0.3 is 5.97 Å². The standard InChI is InChI=1S/C15H25NO4/c1-4-10-7-11(12(8-10)14(18)19)13(17)16-5-6-20-15(2,3)9-16/h10-12H,4-9H2,1-3H3,(H,18,19)/t10?,11-,12+/m0/s1. The predicted octanol–water partition coefficient (Wildman–Crippen LogP) is 1.76. The van der Waals surface area contributed by atoms with Gasteiger partial charge in [0.1, 0.15) is 0 Å². The highest BCUT2D eigenvalue weighted by Gasteiger charge is 2.44. The van der Waals surface area contributed by atoms with Crippen LogP contribution >= 0.6 is 0 Å². The number of nitrogens with zero attached hydrogens (tertiary/aromatic N) is 1. The fourth-order valence-corrected chi connectivity index (χ4v) is 3.46. The lowest BCUT2D eigenvalue weighted by Gasteiger charge is -2.39. The molecule has 5 nitrogen and oxygen atoms in total. The lowest BCUT2D eigenvalue weighted by molar-refractivity contribution is -0.156. The number of amides is 1. The second kappa shape index (κ2) is 5.72. The second-order valence-corrected chi connectivity index (χ2v) is 6.66. The number of carboxylic acid groups (broad SMARTS) is 1. The van der Waals surface area contributed by atoms with Gasteiger partial charge in [-0.15, -0.1) is 0 Å². The van der Waals surface area contributed by atoms with Crippen LogP contribution < -0.4 is 0 Å². The molecule has 2 aliphatic rings. The Morgan fingerprint density at radius 2 is 1.95 bits per heavy atom. The summed E-state index contributed by atoms with van der Waals surface area (Å²) in [5.41, 5.74) is -0.338. The first-order valence-corrected chi connectivity index (χ1v) is 7.49. The number of ether oxygens (including phenoxy) is 1. The molecule has 1 aliphatic carbocycles. The zero-order valence-electron chi connectivity index (χ0n) is 12.6. The minimum Gasteiger partial charge on any atom is -0.481 e. The minimum atomic E-state index is -0.827. The molecule has 0 aromatic heterocycles. The van der Waals surface area contributed by atoms with Gasteiger partial charge in [-0.25, -0.2) is 0 Å². The molecule has 1 N–H and O–H groups in total. The van der Waals surface area contributed by atoms with Crippen LogP contribution in [0, 0.1) is 17.8 Å². The lowest BCUT2D eigenvalue weighted by atomic mass is 9.94. The highest BCUT2D eigenvalue weighted by atomic mass is 16.5. The van der Waals surface area contributed by atoms with Crippen LogP contribution in [0.25, 0.3) is 0 Å². The van der Waals surface area contributed by atoms with Crippen molar-refractivity contribution in [3.8, 4) is 0 Å². The average Bonchev–Trinajstić information content (AvgIpc) is 2.81. The summed E-state index contributed by atoms with van der Waals surface area (Å²) in [7, 11) is 0. The van der Waals surface area contributed by atoms with Crippen molar-refractivity contribution >= 4 is 11.9 Å². The quantitative estimate of drug-likeness (QED) is 0.857. The molecule has 2 rings (SSSR count). The van der Waals surface area contributed by atoms with Gasteiger partial charge in [-0.2, -0.15) is 0 Å². The summed E-state index contributed by atoms with van der Waals surface area (Å²) in [6.45, 7) is 7.64. The van der Waals surface area contributed by atoms with Crippen molar-refractivity contribution in [1.29, 1.82) is 0 Å². The normalized spacial score (nSPS) is 33.1. The predicted molar refractivity (Wildman–Crippen MR) is 74.2 cm³/mol. The van der Waals surface area contributed by atoms with Crippen LogP contribution in [-0.2, 0) is 14.3 Å². The molecule has 1 saturated carbocycles. The van der Waals surface area contributed by atoms with E-state index in [0.717, 1.165) is 6.42 Å². The summed E-state index contributed by atoms with van der Waals surface area (Å²) in [5.74, 6) is -1.33. The van der Waals surface area contributed by atoms with Crippen molar-refractivity contribution < 1.29 is 19.4 Å². The molecular weight excluding hydrogens is 258 g/mol. The molecule has 0 aromatic rings. The monoisotopic (exact) mass is 283 g/mol. The van der Waals surface area contributed by atoms with Crippen LogP contribution in [0.15, 0.2) is 0 Å². The number of carbonyl (C=O) groups is 2. The first-order valence-electron chi connectivity index (χ1n) is 7.49.